The fourth-order valence-electron chi connectivity index (χ4n) is 1.55. The van der Waals surface area contributed by atoms with Crippen molar-refractivity contribution < 1.29 is 14.3 Å². The summed E-state index contributed by atoms with van der Waals surface area (Å²) in [7, 11) is 1.62. The van der Waals surface area contributed by atoms with E-state index in [0.717, 1.165) is 6.54 Å². The number of rotatable bonds is 4. The van der Waals surface area contributed by atoms with Crippen LogP contribution in [0, 0.1) is 0 Å². The summed E-state index contributed by atoms with van der Waals surface area (Å²) in [5.74, 6) is -0.0308. The van der Waals surface area contributed by atoms with Crippen molar-refractivity contribution >= 4 is 5.91 Å². The highest BCUT2D eigenvalue weighted by atomic mass is 16.5. The van der Waals surface area contributed by atoms with Gasteiger partial charge in [0.25, 0.3) is 0 Å². The van der Waals surface area contributed by atoms with E-state index in [2.05, 4.69) is 10.6 Å². The molecule has 5 heteroatoms. The van der Waals surface area contributed by atoms with E-state index in [9.17, 15) is 4.79 Å². The Hall–Kier alpha value is -0.650. The van der Waals surface area contributed by atoms with Gasteiger partial charge in [0.15, 0.2) is 0 Å². The average Bonchev–Trinajstić information content (AvgIpc) is 2.18. The third-order valence-corrected chi connectivity index (χ3v) is 2.20. The maximum atomic E-state index is 11.8. The van der Waals surface area contributed by atoms with Crippen molar-refractivity contribution in [1.29, 1.82) is 0 Å². The summed E-state index contributed by atoms with van der Waals surface area (Å²) in [5, 5.41) is 6.03. The first-order valence-electron chi connectivity index (χ1n) is 5.17. The second kappa shape index (κ2) is 5.44. The molecule has 1 amide bonds. The van der Waals surface area contributed by atoms with Crippen LogP contribution in [-0.4, -0.2) is 51.0 Å². The SMILES string of the molecule is COCC(C)(C)NC(=O)C1COCCN1. The smallest absolute Gasteiger partial charge is 0.240 e. The molecule has 1 heterocycles. The Morgan fingerprint density at radius 1 is 1.67 bits per heavy atom. The maximum absolute atomic E-state index is 11.8. The molecule has 1 rings (SSSR count). The molecule has 0 aliphatic carbocycles. The lowest BCUT2D eigenvalue weighted by Gasteiger charge is -2.30. The number of methoxy groups -OCH3 is 1. The van der Waals surface area contributed by atoms with Crippen LogP contribution < -0.4 is 10.6 Å². The molecule has 2 N–H and O–H groups in total. The first-order chi connectivity index (χ1) is 7.05. The molecule has 0 spiro atoms. The Balaban J connectivity index is 2.39. The van der Waals surface area contributed by atoms with E-state index < -0.39 is 0 Å². The molecular weight excluding hydrogens is 196 g/mol. The Kier molecular flexibility index (Phi) is 4.50. The molecule has 0 aromatic heterocycles. The minimum Gasteiger partial charge on any atom is -0.382 e. The Morgan fingerprint density at radius 2 is 2.40 bits per heavy atom. The second-order valence-electron chi connectivity index (χ2n) is 4.39. The summed E-state index contributed by atoms with van der Waals surface area (Å²) >= 11 is 0. The van der Waals surface area contributed by atoms with E-state index in [0.29, 0.717) is 19.8 Å². The molecule has 15 heavy (non-hydrogen) atoms. The first-order valence-corrected chi connectivity index (χ1v) is 5.17. The fraction of sp³-hybridized carbons (Fsp3) is 0.900. The van der Waals surface area contributed by atoms with Gasteiger partial charge in [0, 0.05) is 13.7 Å². The number of hydrogen-bond acceptors (Lipinski definition) is 4. The van der Waals surface area contributed by atoms with Gasteiger partial charge in [0.05, 0.1) is 25.4 Å². The van der Waals surface area contributed by atoms with Gasteiger partial charge in [0.1, 0.15) is 6.04 Å². The minimum absolute atomic E-state index is 0.0308. The van der Waals surface area contributed by atoms with Crippen LogP contribution in [0.5, 0.6) is 0 Å². The lowest BCUT2D eigenvalue weighted by Crippen LogP contribution is -2.57. The Bertz CT molecular complexity index is 213. The van der Waals surface area contributed by atoms with E-state index in [1.54, 1.807) is 7.11 Å². The molecule has 0 aromatic rings. The van der Waals surface area contributed by atoms with Gasteiger partial charge in [-0.25, -0.2) is 0 Å². The van der Waals surface area contributed by atoms with Crippen LogP contribution >= 0.6 is 0 Å². The van der Waals surface area contributed by atoms with Crippen molar-refractivity contribution in [3.63, 3.8) is 0 Å². The number of hydrogen-bond donors (Lipinski definition) is 2. The summed E-state index contributed by atoms with van der Waals surface area (Å²) < 4.78 is 10.3. The summed E-state index contributed by atoms with van der Waals surface area (Å²) in [6.07, 6.45) is 0. The fourth-order valence-corrected chi connectivity index (χ4v) is 1.55. The van der Waals surface area contributed by atoms with Crippen LogP contribution in [0.3, 0.4) is 0 Å². The molecule has 1 atom stereocenters. The van der Waals surface area contributed by atoms with Gasteiger partial charge < -0.3 is 20.1 Å². The average molecular weight is 216 g/mol. The normalized spacial score (nSPS) is 22.5. The van der Waals surface area contributed by atoms with Gasteiger partial charge >= 0.3 is 0 Å². The zero-order valence-corrected chi connectivity index (χ0v) is 9.63. The van der Waals surface area contributed by atoms with Gasteiger partial charge in [0.2, 0.25) is 5.91 Å². The van der Waals surface area contributed by atoms with E-state index >= 15 is 0 Å². The van der Waals surface area contributed by atoms with Crippen LogP contribution in [0.25, 0.3) is 0 Å². The van der Waals surface area contributed by atoms with Crippen molar-refractivity contribution in [2.24, 2.45) is 0 Å². The first kappa shape index (κ1) is 12.4. The number of amides is 1. The third-order valence-electron chi connectivity index (χ3n) is 2.20. The van der Waals surface area contributed by atoms with E-state index in [-0.39, 0.29) is 17.5 Å². The van der Waals surface area contributed by atoms with Crippen LogP contribution in [0.4, 0.5) is 0 Å². The van der Waals surface area contributed by atoms with Crippen molar-refractivity contribution in [2.75, 3.05) is 33.5 Å². The molecule has 1 aliphatic heterocycles. The predicted molar refractivity (Wildman–Crippen MR) is 56.7 cm³/mol. The zero-order valence-electron chi connectivity index (χ0n) is 9.63. The molecule has 1 saturated heterocycles. The summed E-state index contributed by atoms with van der Waals surface area (Å²) in [4.78, 5) is 11.8. The lowest BCUT2D eigenvalue weighted by molar-refractivity contribution is -0.128. The van der Waals surface area contributed by atoms with Gasteiger partial charge in [-0.2, -0.15) is 0 Å². The summed E-state index contributed by atoms with van der Waals surface area (Å²) in [5.41, 5.74) is -0.342. The lowest BCUT2D eigenvalue weighted by atomic mass is 10.1. The Morgan fingerprint density at radius 3 is 2.93 bits per heavy atom. The van der Waals surface area contributed by atoms with Crippen molar-refractivity contribution in [2.45, 2.75) is 25.4 Å². The van der Waals surface area contributed by atoms with Gasteiger partial charge in [-0.05, 0) is 13.8 Å². The van der Waals surface area contributed by atoms with E-state index in [1.165, 1.54) is 0 Å². The van der Waals surface area contributed by atoms with Crippen LogP contribution in [0.15, 0.2) is 0 Å². The number of nitrogens with one attached hydrogen (secondary N) is 2. The molecule has 0 saturated carbocycles. The van der Waals surface area contributed by atoms with Gasteiger partial charge in [-0.3, -0.25) is 4.79 Å². The molecule has 0 bridgehead atoms. The van der Waals surface area contributed by atoms with E-state index in [1.807, 2.05) is 13.8 Å². The monoisotopic (exact) mass is 216 g/mol. The van der Waals surface area contributed by atoms with E-state index in [4.69, 9.17) is 9.47 Å². The van der Waals surface area contributed by atoms with Gasteiger partial charge in [-0.15, -0.1) is 0 Å². The largest absolute Gasteiger partial charge is 0.382 e. The highest BCUT2D eigenvalue weighted by molar-refractivity contribution is 5.82. The number of carbonyl (C=O) groups is 1. The zero-order chi connectivity index (χ0) is 11.3. The summed E-state index contributed by atoms with van der Waals surface area (Å²) in [6.45, 7) is 6.19. The maximum Gasteiger partial charge on any atom is 0.240 e. The van der Waals surface area contributed by atoms with Crippen molar-refractivity contribution in [3.05, 3.63) is 0 Å². The molecule has 1 aliphatic rings. The molecule has 1 unspecified atom stereocenters. The number of carbonyl (C=O) groups excluding carboxylic acids is 1. The number of morpholine rings is 1. The summed E-state index contributed by atoms with van der Waals surface area (Å²) in [6, 6.07) is -0.241. The third kappa shape index (κ3) is 4.15. The van der Waals surface area contributed by atoms with Crippen LogP contribution in [0.2, 0.25) is 0 Å². The van der Waals surface area contributed by atoms with Crippen LogP contribution in [0.1, 0.15) is 13.8 Å². The molecule has 0 radical (unpaired) electrons. The topological polar surface area (TPSA) is 59.6 Å². The highest BCUT2D eigenvalue weighted by Crippen LogP contribution is 2.03. The van der Waals surface area contributed by atoms with Crippen LogP contribution in [-0.2, 0) is 14.3 Å². The standard InChI is InChI=1S/C10H20N2O3/c1-10(2,7-14-3)12-9(13)8-6-15-5-4-11-8/h8,11H,4-7H2,1-3H3,(H,12,13). The molecule has 1 fully saturated rings. The molecule has 0 aromatic carbocycles. The Labute approximate surface area is 90.5 Å². The molecule has 88 valence electrons. The van der Waals surface area contributed by atoms with Gasteiger partial charge in [-0.1, -0.05) is 0 Å². The van der Waals surface area contributed by atoms with Crippen molar-refractivity contribution in [3.8, 4) is 0 Å². The van der Waals surface area contributed by atoms with Crippen molar-refractivity contribution in [1.82, 2.24) is 10.6 Å². The predicted octanol–water partition coefficient (Wildman–Crippen LogP) is -0.484. The highest BCUT2D eigenvalue weighted by Gasteiger charge is 2.27. The number of ether oxygens (including phenoxy) is 2. The minimum atomic E-state index is -0.342. The molecule has 5 nitrogen and oxygen atoms in total. The quantitative estimate of drug-likeness (QED) is 0.666. The molecular formula is C10H20N2O3. The second-order valence-corrected chi connectivity index (χ2v) is 4.39.